The average molecular weight is 807 g/mol. The fourth-order valence-corrected chi connectivity index (χ4v) is 8.99. The highest BCUT2D eigenvalue weighted by Gasteiger charge is 2.20. The Labute approximate surface area is 364 Å². The summed E-state index contributed by atoms with van der Waals surface area (Å²) in [6.07, 6.45) is 0. The topological polar surface area (TPSA) is 55.9 Å². The molecule has 0 saturated carbocycles. The van der Waals surface area contributed by atoms with Crippen molar-refractivity contribution in [3.8, 4) is 61.8 Å². The average Bonchev–Trinajstić information content (AvgIpc) is 3.90. The molecule has 63 heavy (non-hydrogen) atoms. The summed E-state index contributed by atoms with van der Waals surface area (Å²) in [6, 6.07) is 78.5. The fraction of sp³-hybridized carbons (Fsp3) is 0. The molecule has 0 atom stereocenters. The second-order valence-corrected chi connectivity index (χ2v) is 15.9. The van der Waals surface area contributed by atoms with Gasteiger partial charge in [-0.05, 0) is 83.4 Å². The van der Waals surface area contributed by atoms with Gasteiger partial charge in [-0.15, -0.1) is 0 Å². The minimum absolute atomic E-state index is 0.648. The Kier molecular flexibility index (Phi) is 8.75. The Morgan fingerprint density at radius 2 is 0.984 bits per heavy atom. The fourth-order valence-electron chi connectivity index (χ4n) is 8.99. The van der Waals surface area contributed by atoms with Gasteiger partial charge in [-0.2, -0.15) is 0 Å². The molecule has 0 bridgehead atoms. The van der Waals surface area contributed by atoms with Crippen LogP contribution in [-0.4, -0.2) is 14.5 Å². The molecule has 12 aromatic rings. The van der Waals surface area contributed by atoms with Crippen LogP contribution in [0.3, 0.4) is 0 Å². The van der Waals surface area contributed by atoms with E-state index in [2.05, 4.69) is 192 Å². The van der Waals surface area contributed by atoms with Crippen LogP contribution in [0.5, 0.6) is 0 Å². The summed E-state index contributed by atoms with van der Waals surface area (Å²) in [5, 5.41) is 8.08. The van der Waals surface area contributed by atoms with Crippen LogP contribution in [0, 0.1) is 0 Å². The molecule has 5 heteroatoms. The number of hydrogen-bond donors (Lipinski definition) is 1. The molecule has 0 amide bonds. The van der Waals surface area contributed by atoms with E-state index in [0.717, 1.165) is 100 Å². The number of anilines is 2. The maximum Gasteiger partial charge on any atom is 0.160 e. The number of para-hydroxylation sites is 4. The number of nitrogens with one attached hydrogen (secondary N) is 1. The molecule has 0 unspecified atom stereocenters. The third kappa shape index (κ3) is 6.51. The summed E-state index contributed by atoms with van der Waals surface area (Å²) in [5.74, 6) is 0.648. The van der Waals surface area contributed by atoms with Gasteiger partial charge in [0.25, 0.3) is 0 Å². The Hall–Kier alpha value is -8.54. The van der Waals surface area contributed by atoms with Crippen molar-refractivity contribution < 1.29 is 4.42 Å². The maximum atomic E-state index is 6.91. The summed E-state index contributed by atoms with van der Waals surface area (Å²) in [7, 11) is 0. The number of fused-ring (bicyclic) bond motifs is 6. The molecule has 296 valence electrons. The van der Waals surface area contributed by atoms with Gasteiger partial charge in [-0.1, -0.05) is 158 Å². The zero-order valence-corrected chi connectivity index (χ0v) is 34.1. The largest absolute Gasteiger partial charge is 0.454 e. The normalized spacial score (nSPS) is 11.5. The van der Waals surface area contributed by atoms with E-state index < -0.39 is 0 Å². The SMILES string of the molecule is c1ccc(Nc2ccccc2-c2cccc(-c3ccc4c(c3)c3ccccc3n4-c3cccc4c3oc3cc(-c5nc(-c6ccccc6)cc(-c6ccccc6)n5)ccc34)c2)cc1. The third-order valence-corrected chi connectivity index (χ3v) is 12.0. The quantitative estimate of drug-likeness (QED) is 0.166. The number of rotatable bonds is 8. The van der Waals surface area contributed by atoms with Crippen LogP contribution in [-0.2, 0) is 0 Å². The van der Waals surface area contributed by atoms with Crippen LogP contribution >= 0.6 is 0 Å². The van der Waals surface area contributed by atoms with Crippen molar-refractivity contribution in [2.24, 2.45) is 0 Å². The molecule has 0 aliphatic rings. The number of furan rings is 1. The van der Waals surface area contributed by atoms with E-state index in [1.54, 1.807) is 0 Å². The first kappa shape index (κ1) is 36.3. The standard InChI is InChI=1S/C58H38N4O/c1-4-16-38(17-5-1)51-37-52(39-18-6-2-7-19-39)61-58(60-51)43-30-32-47-48-26-15-29-55(57(48)63-56(47)36-43)62-53-28-13-11-25-46(53)49-35-41(31-33-54(49)62)40-20-14-21-42(34-40)45-24-10-12-27-50(45)59-44-22-8-3-9-23-44/h1-37,59H. The van der Waals surface area contributed by atoms with Crippen LogP contribution < -0.4 is 5.32 Å². The zero-order valence-electron chi connectivity index (χ0n) is 34.1. The van der Waals surface area contributed by atoms with Gasteiger partial charge in [0.15, 0.2) is 11.4 Å². The molecule has 0 radical (unpaired) electrons. The molecule has 0 fully saturated rings. The first-order valence-corrected chi connectivity index (χ1v) is 21.2. The molecule has 0 spiro atoms. The van der Waals surface area contributed by atoms with Gasteiger partial charge in [0, 0.05) is 55.2 Å². The van der Waals surface area contributed by atoms with E-state index in [1.807, 2.05) is 42.5 Å². The van der Waals surface area contributed by atoms with Crippen molar-refractivity contribution in [3.63, 3.8) is 0 Å². The van der Waals surface area contributed by atoms with Gasteiger partial charge >= 0.3 is 0 Å². The van der Waals surface area contributed by atoms with Crippen LogP contribution in [0.15, 0.2) is 229 Å². The summed E-state index contributed by atoms with van der Waals surface area (Å²) in [6.45, 7) is 0. The number of aromatic nitrogens is 3. The van der Waals surface area contributed by atoms with Gasteiger partial charge < -0.3 is 14.3 Å². The maximum absolute atomic E-state index is 6.91. The predicted molar refractivity (Wildman–Crippen MR) is 261 cm³/mol. The first-order valence-electron chi connectivity index (χ1n) is 21.2. The Morgan fingerprint density at radius 1 is 0.381 bits per heavy atom. The highest BCUT2D eigenvalue weighted by Crippen LogP contribution is 2.41. The molecule has 5 nitrogen and oxygen atoms in total. The number of hydrogen-bond acceptors (Lipinski definition) is 4. The molecular formula is C58H38N4O. The van der Waals surface area contributed by atoms with Crippen LogP contribution in [0.2, 0.25) is 0 Å². The van der Waals surface area contributed by atoms with Gasteiger partial charge in [0.2, 0.25) is 0 Å². The molecule has 0 aliphatic heterocycles. The van der Waals surface area contributed by atoms with Gasteiger partial charge in [0.05, 0.1) is 28.1 Å². The summed E-state index contributed by atoms with van der Waals surface area (Å²) >= 11 is 0. The first-order chi connectivity index (χ1) is 31.2. The lowest BCUT2D eigenvalue weighted by Crippen LogP contribution is -1.95. The second-order valence-electron chi connectivity index (χ2n) is 15.9. The third-order valence-electron chi connectivity index (χ3n) is 12.0. The van der Waals surface area contributed by atoms with Gasteiger partial charge in [-0.3, -0.25) is 0 Å². The molecule has 9 aromatic carbocycles. The molecule has 1 N–H and O–H groups in total. The van der Waals surface area contributed by atoms with Crippen molar-refractivity contribution in [2.75, 3.05) is 5.32 Å². The van der Waals surface area contributed by atoms with E-state index in [9.17, 15) is 0 Å². The minimum atomic E-state index is 0.648. The predicted octanol–water partition coefficient (Wildman–Crippen LogP) is 15.6. The molecule has 0 aliphatic carbocycles. The Balaban J connectivity index is 0.957. The van der Waals surface area contributed by atoms with Crippen LogP contribution in [0.1, 0.15) is 0 Å². The second kappa shape index (κ2) is 15.2. The summed E-state index contributed by atoms with van der Waals surface area (Å²) in [5.41, 5.74) is 16.3. The molecule has 0 saturated heterocycles. The number of nitrogens with zero attached hydrogens (tertiary/aromatic N) is 3. The molecular weight excluding hydrogens is 769 g/mol. The van der Waals surface area contributed by atoms with E-state index >= 15 is 0 Å². The summed E-state index contributed by atoms with van der Waals surface area (Å²) in [4.78, 5) is 10.2. The highest BCUT2D eigenvalue weighted by atomic mass is 16.3. The zero-order chi connectivity index (χ0) is 41.7. The van der Waals surface area contributed by atoms with Gasteiger partial charge in [-0.25, -0.2) is 9.97 Å². The van der Waals surface area contributed by atoms with Crippen molar-refractivity contribution >= 4 is 55.1 Å². The van der Waals surface area contributed by atoms with Crippen molar-refractivity contribution in [1.29, 1.82) is 0 Å². The summed E-state index contributed by atoms with van der Waals surface area (Å²) < 4.78 is 9.26. The van der Waals surface area contributed by atoms with Crippen molar-refractivity contribution in [3.05, 3.63) is 224 Å². The number of benzene rings is 9. The van der Waals surface area contributed by atoms with Crippen molar-refractivity contribution in [1.82, 2.24) is 14.5 Å². The smallest absolute Gasteiger partial charge is 0.160 e. The monoisotopic (exact) mass is 806 g/mol. The Morgan fingerprint density at radius 3 is 1.78 bits per heavy atom. The molecule has 3 aromatic heterocycles. The molecule has 12 rings (SSSR count). The highest BCUT2D eigenvalue weighted by molar-refractivity contribution is 6.13. The minimum Gasteiger partial charge on any atom is -0.454 e. The van der Waals surface area contributed by atoms with E-state index in [-0.39, 0.29) is 0 Å². The Bertz CT molecular complexity index is 3590. The lowest BCUT2D eigenvalue weighted by atomic mass is 9.97. The lowest BCUT2D eigenvalue weighted by Gasteiger charge is -2.13. The van der Waals surface area contributed by atoms with E-state index in [1.165, 1.54) is 10.8 Å². The van der Waals surface area contributed by atoms with Gasteiger partial charge in [0.1, 0.15) is 5.58 Å². The van der Waals surface area contributed by atoms with Crippen LogP contribution in [0.25, 0.3) is 106 Å². The van der Waals surface area contributed by atoms with Crippen LogP contribution in [0.4, 0.5) is 11.4 Å². The van der Waals surface area contributed by atoms with E-state index in [4.69, 9.17) is 14.4 Å². The molecule has 3 heterocycles. The van der Waals surface area contributed by atoms with Crippen molar-refractivity contribution in [2.45, 2.75) is 0 Å². The lowest BCUT2D eigenvalue weighted by molar-refractivity contribution is 0.666. The van der Waals surface area contributed by atoms with E-state index in [0.29, 0.717) is 5.82 Å².